The molecule has 1 aromatic heterocycles. The zero-order valence-corrected chi connectivity index (χ0v) is 11.2. The SMILES string of the molecule is CCOC(=O)c1cnn(CCc2ccc(F)cc2)c1N. The van der Waals surface area contributed by atoms with Crippen LogP contribution in [0.4, 0.5) is 10.2 Å². The molecule has 6 heteroatoms. The van der Waals surface area contributed by atoms with Crippen LogP contribution in [0.3, 0.4) is 0 Å². The van der Waals surface area contributed by atoms with Crippen LogP contribution in [-0.4, -0.2) is 22.4 Å². The van der Waals surface area contributed by atoms with Crippen molar-refractivity contribution in [3.05, 3.63) is 47.4 Å². The van der Waals surface area contributed by atoms with Crippen molar-refractivity contribution in [1.82, 2.24) is 9.78 Å². The lowest BCUT2D eigenvalue weighted by Crippen LogP contribution is -2.11. The fourth-order valence-electron chi connectivity index (χ4n) is 1.83. The third-order valence-corrected chi connectivity index (χ3v) is 2.90. The molecule has 0 saturated heterocycles. The second-order valence-electron chi connectivity index (χ2n) is 4.26. The standard InChI is InChI=1S/C14H16FN3O2/c1-2-20-14(19)12-9-17-18(13(12)16)8-7-10-3-5-11(15)6-4-10/h3-6,9H,2,7-8,16H2,1H3. The molecule has 0 bridgehead atoms. The van der Waals surface area contributed by atoms with Gasteiger partial charge in [-0.3, -0.25) is 0 Å². The fraction of sp³-hybridized carbons (Fsp3) is 0.286. The first-order valence-corrected chi connectivity index (χ1v) is 6.34. The Bertz CT molecular complexity index is 593. The van der Waals surface area contributed by atoms with Crippen molar-refractivity contribution in [3.63, 3.8) is 0 Å². The number of ether oxygens (including phenoxy) is 1. The van der Waals surface area contributed by atoms with Crippen molar-refractivity contribution >= 4 is 11.8 Å². The summed E-state index contributed by atoms with van der Waals surface area (Å²) in [7, 11) is 0. The van der Waals surface area contributed by atoms with Gasteiger partial charge in [0.2, 0.25) is 0 Å². The Morgan fingerprint density at radius 1 is 1.40 bits per heavy atom. The average Bonchev–Trinajstić information content (AvgIpc) is 2.80. The normalized spacial score (nSPS) is 10.5. The highest BCUT2D eigenvalue weighted by atomic mass is 19.1. The largest absolute Gasteiger partial charge is 0.462 e. The summed E-state index contributed by atoms with van der Waals surface area (Å²) in [6.07, 6.45) is 2.05. The van der Waals surface area contributed by atoms with Gasteiger partial charge in [-0.15, -0.1) is 0 Å². The lowest BCUT2D eigenvalue weighted by molar-refractivity contribution is 0.0527. The van der Waals surface area contributed by atoms with Crippen LogP contribution in [0.15, 0.2) is 30.5 Å². The second kappa shape index (κ2) is 6.18. The molecule has 0 atom stereocenters. The number of benzene rings is 1. The molecule has 1 heterocycles. The Morgan fingerprint density at radius 3 is 2.75 bits per heavy atom. The minimum Gasteiger partial charge on any atom is -0.462 e. The molecule has 0 saturated carbocycles. The quantitative estimate of drug-likeness (QED) is 0.849. The molecular weight excluding hydrogens is 261 g/mol. The Morgan fingerprint density at radius 2 is 2.10 bits per heavy atom. The van der Waals surface area contributed by atoms with E-state index in [4.69, 9.17) is 10.5 Å². The van der Waals surface area contributed by atoms with Crippen LogP contribution in [-0.2, 0) is 17.7 Å². The number of nitrogens with zero attached hydrogens (tertiary/aromatic N) is 2. The molecule has 0 amide bonds. The first-order chi connectivity index (χ1) is 9.61. The Labute approximate surface area is 116 Å². The van der Waals surface area contributed by atoms with E-state index in [1.54, 1.807) is 19.1 Å². The van der Waals surface area contributed by atoms with Gasteiger partial charge in [0, 0.05) is 6.54 Å². The molecule has 5 nitrogen and oxygen atoms in total. The summed E-state index contributed by atoms with van der Waals surface area (Å²) in [5.74, 6) is -0.458. The van der Waals surface area contributed by atoms with E-state index in [0.717, 1.165) is 5.56 Å². The van der Waals surface area contributed by atoms with Crippen molar-refractivity contribution in [2.75, 3.05) is 12.3 Å². The number of hydrogen-bond donors (Lipinski definition) is 1. The monoisotopic (exact) mass is 277 g/mol. The molecule has 0 spiro atoms. The third kappa shape index (κ3) is 3.14. The van der Waals surface area contributed by atoms with E-state index in [2.05, 4.69) is 5.10 Å². The van der Waals surface area contributed by atoms with Crippen LogP contribution in [0.1, 0.15) is 22.8 Å². The molecule has 0 aliphatic carbocycles. The maximum absolute atomic E-state index is 12.8. The van der Waals surface area contributed by atoms with Gasteiger partial charge in [0.25, 0.3) is 0 Å². The van der Waals surface area contributed by atoms with Crippen LogP contribution in [0, 0.1) is 5.82 Å². The van der Waals surface area contributed by atoms with Gasteiger partial charge in [0.1, 0.15) is 17.2 Å². The molecule has 20 heavy (non-hydrogen) atoms. The van der Waals surface area contributed by atoms with E-state index in [9.17, 15) is 9.18 Å². The Balaban J connectivity index is 2.03. The van der Waals surface area contributed by atoms with Gasteiger partial charge in [-0.2, -0.15) is 5.10 Å². The molecule has 0 aliphatic heterocycles. The van der Waals surface area contributed by atoms with E-state index in [1.807, 2.05) is 0 Å². The summed E-state index contributed by atoms with van der Waals surface area (Å²) in [4.78, 5) is 11.6. The highest BCUT2D eigenvalue weighted by molar-refractivity contribution is 5.93. The molecule has 2 N–H and O–H groups in total. The molecule has 2 aromatic rings. The number of nitrogens with two attached hydrogens (primary N) is 1. The van der Waals surface area contributed by atoms with E-state index in [0.29, 0.717) is 19.6 Å². The summed E-state index contributed by atoms with van der Waals surface area (Å²) in [5.41, 5.74) is 7.10. The maximum Gasteiger partial charge on any atom is 0.343 e. The number of hydrogen-bond acceptors (Lipinski definition) is 4. The van der Waals surface area contributed by atoms with Crippen LogP contribution in [0.2, 0.25) is 0 Å². The van der Waals surface area contributed by atoms with Crippen LogP contribution in [0.5, 0.6) is 0 Å². The Hall–Kier alpha value is -2.37. The lowest BCUT2D eigenvalue weighted by atomic mass is 10.1. The average molecular weight is 277 g/mol. The smallest absolute Gasteiger partial charge is 0.343 e. The van der Waals surface area contributed by atoms with Crippen molar-refractivity contribution < 1.29 is 13.9 Å². The molecule has 0 unspecified atom stereocenters. The Kier molecular flexibility index (Phi) is 4.34. The lowest BCUT2D eigenvalue weighted by Gasteiger charge is -2.05. The predicted octanol–water partition coefficient (Wildman–Crippen LogP) is 2.02. The number of aryl methyl sites for hydroxylation is 2. The minimum absolute atomic E-state index is 0.267. The topological polar surface area (TPSA) is 70.1 Å². The van der Waals surface area contributed by atoms with E-state index >= 15 is 0 Å². The molecule has 2 rings (SSSR count). The summed E-state index contributed by atoms with van der Waals surface area (Å²) in [5, 5.41) is 4.07. The van der Waals surface area contributed by atoms with Crippen molar-refractivity contribution in [2.24, 2.45) is 0 Å². The van der Waals surface area contributed by atoms with Crippen LogP contribution in [0.25, 0.3) is 0 Å². The van der Waals surface area contributed by atoms with E-state index in [1.165, 1.54) is 23.0 Å². The van der Waals surface area contributed by atoms with Crippen molar-refractivity contribution in [3.8, 4) is 0 Å². The summed E-state index contributed by atoms with van der Waals surface area (Å²) >= 11 is 0. The number of esters is 1. The first-order valence-electron chi connectivity index (χ1n) is 6.34. The fourth-order valence-corrected chi connectivity index (χ4v) is 1.83. The van der Waals surface area contributed by atoms with Gasteiger partial charge < -0.3 is 10.5 Å². The maximum atomic E-state index is 12.8. The molecule has 0 aliphatic rings. The summed E-state index contributed by atoms with van der Waals surface area (Å²) in [6, 6.07) is 6.24. The summed E-state index contributed by atoms with van der Waals surface area (Å²) < 4.78 is 19.2. The number of nitrogen functional groups attached to an aromatic ring is 1. The van der Waals surface area contributed by atoms with Crippen LogP contribution >= 0.6 is 0 Å². The number of anilines is 1. The molecular formula is C14H16FN3O2. The van der Waals surface area contributed by atoms with Gasteiger partial charge in [-0.1, -0.05) is 12.1 Å². The zero-order valence-electron chi connectivity index (χ0n) is 11.2. The predicted molar refractivity (Wildman–Crippen MR) is 72.7 cm³/mol. The molecule has 0 fully saturated rings. The molecule has 1 aromatic carbocycles. The van der Waals surface area contributed by atoms with Gasteiger partial charge in [0.05, 0.1) is 12.8 Å². The van der Waals surface area contributed by atoms with Crippen molar-refractivity contribution in [2.45, 2.75) is 19.9 Å². The molecule has 106 valence electrons. The van der Waals surface area contributed by atoms with Crippen LogP contribution < -0.4 is 5.73 Å². The highest BCUT2D eigenvalue weighted by Crippen LogP contribution is 2.13. The molecule has 0 radical (unpaired) electrons. The van der Waals surface area contributed by atoms with Gasteiger partial charge in [-0.05, 0) is 31.0 Å². The zero-order chi connectivity index (χ0) is 14.5. The number of rotatable bonds is 5. The number of carbonyl (C=O) groups is 1. The number of halogens is 1. The van der Waals surface area contributed by atoms with E-state index in [-0.39, 0.29) is 17.2 Å². The van der Waals surface area contributed by atoms with Gasteiger partial charge >= 0.3 is 5.97 Å². The number of aromatic nitrogens is 2. The second-order valence-corrected chi connectivity index (χ2v) is 4.26. The van der Waals surface area contributed by atoms with Gasteiger partial charge in [0.15, 0.2) is 0 Å². The summed E-state index contributed by atoms with van der Waals surface area (Å²) in [6.45, 7) is 2.53. The van der Waals surface area contributed by atoms with Crippen molar-refractivity contribution in [1.29, 1.82) is 0 Å². The highest BCUT2D eigenvalue weighted by Gasteiger charge is 2.15. The minimum atomic E-state index is -0.474. The third-order valence-electron chi connectivity index (χ3n) is 2.90. The number of carbonyl (C=O) groups excluding carboxylic acids is 1. The first kappa shape index (κ1) is 14.0. The van der Waals surface area contributed by atoms with Gasteiger partial charge in [-0.25, -0.2) is 13.9 Å². The van der Waals surface area contributed by atoms with E-state index < -0.39 is 5.97 Å².